The Balaban J connectivity index is 2.78. The summed E-state index contributed by atoms with van der Waals surface area (Å²) in [6.07, 6.45) is 4.37. The molecule has 0 spiro atoms. The lowest BCUT2D eigenvalue weighted by atomic mass is 10.2. The molecule has 6 heteroatoms. The van der Waals surface area contributed by atoms with Crippen LogP contribution in [-0.2, 0) is 11.3 Å². The molecule has 0 aromatic carbocycles. The molecule has 2 atom stereocenters. The van der Waals surface area contributed by atoms with E-state index in [1.807, 2.05) is 34.6 Å². The highest BCUT2D eigenvalue weighted by molar-refractivity contribution is 5.92. The Morgan fingerprint density at radius 2 is 1.96 bits per heavy atom. The maximum absolute atomic E-state index is 12.3. The summed E-state index contributed by atoms with van der Waals surface area (Å²) in [7, 11) is 0. The summed E-state index contributed by atoms with van der Waals surface area (Å²) in [5.41, 5.74) is 0.257. The van der Waals surface area contributed by atoms with Gasteiger partial charge < -0.3 is 14.6 Å². The van der Waals surface area contributed by atoms with Gasteiger partial charge in [0.1, 0.15) is 6.26 Å². The molecule has 2 amide bonds. The van der Waals surface area contributed by atoms with Crippen LogP contribution in [0.15, 0.2) is 10.7 Å². The highest BCUT2D eigenvalue weighted by Crippen LogP contribution is 2.13. The van der Waals surface area contributed by atoms with Crippen molar-refractivity contribution >= 4 is 11.8 Å². The molecule has 0 saturated carbocycles. The van der Waals surface area contributed by atoms with Gasteiger partial charge in [0.2, 0.25) is 11.8 Å². The van der Waals surface area contributed by atoms with Crippen LogP contribution >= 0.6 is 0 Å². The maximum Gasteiger partial charge on any atom is 0.273 e. The molecule has 130 valence electrons. The van der Waals surface area contributed by atoms with Crippen molar-refractivity contribution in [3.8, 4) is 0 Å². The fourth-order valence-corrected chi connectivity index (χ4v) is 2.10. The molecule has 1 aromatic rings. The Morgan fingerprint density at radius 1 is 1.26 bits per heavy atom. The predicted octanol–water partition coefficient (Wildman–Crippen LogP) is 3.13. The fraction of sp³-hybridized carbons (Fsp3) is 0.706. The van der Waals surface area contributed by atoms with E-state index in [1.54, 1.807) is 4.90 Å². The number of hydrogen-bond acceptors (Lipinski definition) is 4. The number of amides is 2. The second-order valence-electron chi connectivity index (χ2n) is 5.94. The average Bonchev–Trinajstić information content (AvgIpc) is 3.00. The van der Waals surface area contributed by atoms with Gasteiger partial charge in [-0.3, -0.25) is 9.59 Å². The van der Waals surface area contributed by atoms with E-state index in [2.05, 4.69) is 10.3 Å². The standard InChI is InChI=1S/C17H29N3O3/c1-6-9-16(21)20(13(5)8-3)10-15-19-14(11-23-15)17(22)18-12(4)7-2/h11-13H,6-10H2,1-5H3,(H,18,22). The number of aromatic nitrogens is 1. The van der Waals surface area contributed by atoms with Crippen LogP contribution in [0.5, 0.6) is 0 Å². The summed E-state index contributed by atoms with van der Waals surface area (Å²) in [5.74, 6) is 0.235. The van der Waals surface area contributed by atoms with Crippen LogP contribution in [0.2, 0.25) is 0 Å². The van der Waals surface area contributed by atoms with Crippen LogP contribution in [0.4, 0.5) is 0 Å². The zero-order valence-corrected chi connectivity index (χ0v) is 14.9. The molecular weight excluding hydrogens is 294 g/mol. The highest BCUT2D eigenvalue weighted by atomic mass is 16.3. The van der Waals surface area contributed by atoms with Crippen molar-refractivity contribution in [2.45, 2.75) is 78.9 Å². The van der Waals surface area contributed by atoms with Gasteiger partial charge in [-0.2, -0.15) is 0 Å². The smallest absolute Gasteiger partial charge is 0.273 e. The van der Waals surface area contributed by atoms with Gasteiger partial charge in [-0.1, -0.05) is 20.8 Å². The maximum atomic E-state index is 12.3. The third kappa shape index (κ3) is 5.69. The van der Waals surface area contributed by atoms with Gasteiger partial charge in [0.25, 0.3) is 5.91 Å². The summed E-state index contributed by atoms with van der Waals surface area (Å²) < 4.78 is 5.39. The van der Waals surface area contributed by atoms with Crippen molar-refractivity contribution in [3.63, 3.8) is 0 Å². The van der Waals surface area contributed by atoms with Crippen molar-refractivity contribution in [1.29, 1.82) is 0 Å². The molecule has 1 heterocycles. The Labute approximate surface area is 138 Å². The SMILES string of the molecule is CCCC(=O)N(Cc1nc(C(=O)NC(C)CC)co1)C(C)CC. The molecule has 0 aliphatic rings. The number of oxazole rings is 1. The minimum atomic E-state index is -0.246. The lowest BCUT2D eigenvalue weighted by Gasteiger charge is -2.27. The van der Waals surface area contributed by atoms with E-state index in [4.69, 9.17) is 4.42 Å². The molecule has 23 heavy (non-hydrogen) atoms. The van der Waals surface area contributed by atoms with Gasteiger partial charge in [0.05, 0.1) is 6.54 Å². The van der Waals surface area contributed by atoms with Crippen molar-refractivity contribution in [2.24, 2.45) is 0 Å². The van der Waals surface area contributed by atoms with E-state index in [0.29, 0.717) is 18.9 Å². The van der Waals surface area contributed by atoms with Crippen molar-refractivity contribution in [3.05, 3.63) is 17.8 Å². The number of hydrogen-bond donors (Lipinski definition) is 1. The molecule has 1 N–H and O–H groups in total. The summed E-state index contributed by atoms with van der Waals surface area (Å²) in [6.45, 7) is 10.3. The van der Waals surface area contributed by atoms with E-state index in [0.717, 1.165) is 19.3 Å². The molecule has 6 nitrogen and oxygen atoms in total. The van der Waals surface area contributed by atoms with Gasteiger partial charge in [-0.25, -0.2) is 4.98 Å². The van der Waals surface area contributed by atoms with Crippen LogP contribution in [0.1, 0.15) is 76.7 Å². The van der Waals surface area contributed by atoms with E-state index >= 15 is 0 Å². The molecule has 0 aliphatic heterocycles. The molecule has 0 radical (unpaired) electrons. The summed E-state index contributed by atoms with van der Waals surface area (Å²) in [6, 6.07) is 0.198. The van der Waals surface area contributed by atoms with Crippen LogP contribution in [0.3, 0.4) is 0 Å². The first-order valence-electron chi connectivity index (χ1n) is 8.47. The van der Waals surface area contributed by atoms with Gasteiger partial charge in [-0.15, -0.1) is 0 Å². The lowest BCUT2D eigenvalue weighted by Crippen LogP contribution is -2.37. The van der Waals surface area contributed by atoms with Crippen LogP contribution in [-0.4, -0.2) is 33.8 Å². The number of carbonyl (C=O) groups is 2. The van der Waals surface area contributed by atoms with E-state index in [-0.39, 0.29) is 29.6 Å². The highest BCUT2D eigenvalue weighted by Gasteiger charge is 2.22. The van der Waals surface area contributed by atoms with E-state index in [9.17, 15) is 9.59 Å². The third-order valence-electron chi connectivity index (χ3n) is 3.99. The Morgan fingerprint density at radius 3 is 2.52 bits per heavy atom. The van der Waals surface area contributed by atoms with Crippen molar-refractivity contribution in [2.75, 3.05) is 0 Å². The quantitative estimate of drug-likeness (QED) is 0.757. The zero-order chi connectivity index (χ0) is 17.4. The molecular formula is C17H29N3O3. The number of carbonyl (C=O) groups excluding carboxylic acids is 2. The van der Waals surface area contributed by atoms with Crippen LogP contribution in [0.25, 0.3) is 0 Å². The largest absolute Gasteiger partial charge is 0.446 e. The lowest BCUT2D eigenvalue weighted by molar-refractivity contribution is -0.134. The van der Waals surface area contributed by atoms with Gasteiger partial charge >= 0.3 is 0 Å². The first-order valence-corrected chi connectivity index (χ1v) is 8.47. The summed E-state index contributed by atoms with van der Waals surface area (Å²) >= 11 is 0. The summed E-state index contributed by atoms with van der Waals surface area (Å²) in [5, 5.41) is 2.85. The van der Waals surface area contributed by atoms with E-state index < -0.39 is 0 Å². The predicted molar refractivity (Wildman–Crippen MR) is 88.9 cm³/mol. The third-order valence-corrected chi connectivity index (χ3v) is 3.99. The number of nitrogens with zero attached hydrogens (tertiary/aromatic N) is 2. The molecule has 1 rings (SSSR count). The molecule has 0 saturated heterocycles. The normalized spacial score (nSPS) is 13.4. The second-order valence-corrected chi connectivity index (χ2v) is 5.94. The van der Waals surface area contributed by atoms with E-state index in [1.165, 1.54) is 6.26 Å². The molecule has 0 fully saturated rings. The second kappa shape index (κ2) is 9.33. The topological polar surface area (TPSA) is 75.4 Å². The average molecular weight is 323 g/mol. The zero-order valence-electron chi connectivity index (χ0n) is 14.9. The molecule has 2 unspecified atom stereocenters. The first-order chi connectivity index (χ1) is 10.9. The Bertz CT molecular complexity index is 513. The Kier molecular flexibility index (Phi) is 7.78. The molecule has 0 bridgehead atoms. The Hall–Kier alpha value is -1.85. The monoisotopic (exact) mass is 323 g/mol. The number of rotatable bonds is 9. The van der Waals surface area contributed by atoms with Gasteiger partial charge in [-0.05, 0) is 33.1 Å². The van der Waals surface area contributed by atoms with Gasteiger partial charge in [0.15, 0.2) is 5.69 Å². The molecule has 0 aliphatic carbocycles. The molecule has 1 aromatic heterocycles. The first kappa shape index (κ1) is 19.2. The van der Waals surface area contributed by atoms with Crippen molar-refractivity contribution in [1.82, 2.24) is 15.2 Å². The summed E-state index contributed by atoms with van der Waals surface area (Å²) in [4.78, 5) is 30.3. The minimum Gasteiger partial charge on any atom is -0.446 e. The minimum absolute atomic E-state index is 0.0883. The van der Waals surface area contributed by atoms with Gasteiger partial charge in [0, 0.05) is 18.5 Å². The fourth-order valence-electron chi connectivity index (χ4n) is 2.10. The number of nitrogens with one attached hydrogen (secondary N) is 1. The van der Waals surface area contributed by atoms with Crippen LogP contribution < -0.4 is 5.32 Å². The van der Waals surface area contributed by atoms with Crippen molar-refractivity contribution < 1.29 is 14.0 Å². The van der Waals surface area contributed by atoms with Crippen LogP contribution in [0, 0.1) is 0 Å².